The van der Waals surface area contributed by atoms with Crippen molar-refractivity contribution < 1.29 is 19.1 Å². The molecule has 166 valence electrons. The van der Waals surface area contributed by atoms with Gasteiger partial charge in [-0.05, 0) is 42.8 Å². The smallest absolute Gasteiger partial charge is 0.255 e. The van der Waals surface area contributed by atoms with E-state index < -0.39 is 5.41 Å². The standard InChI is InChI=1S/C24H30FN3O3/c1-15(2)22(30)27-10-18-11-28(13-24(18,12-27)14-29)23(31)20-9-21(26(4)16(20)3)17-5-7-19(25)8-6-17/h5-9,15,18,29H,10-14H2,1-4H3/t18-,24+/m1/s1. The number of aliphatic hydroxyl groups excluding tert-OH is 1. The number of carbonyl (C=O) groups excluding carboxylic acids is 2. The van der Waals surface area contributed by atoms with Gasteiger partial charge < -0.3 is 19.5 Å². The Labute approximate surface area is 182 Å². The van der Waals surface area contributed by atoms with E-state index in [1.54, 1.807) is 12.1 Å². The van der Waals surface area contributed by atoms with Crippen LogP contribution in [0, 0.1) is 30.0 Å². The lowest BCUT2D eigenvalue weighted by atomic mass is 9.82. The third-order valence-corrected chi connectivity index (χ3v) is 7.07. The molecule has 0 spiro atoms. The molecule has 0 saturated carbocycles. The lowest BCUT2D eigenvalue weighted by Gasteiger charge is -2.28. The van der Waals surface area contributed by atoms with E-state index in [2.05, 4.69) is 0 Å². The van der Waals surface area contributed by atoms with Crippen molar-refractivity contribution in [2.45, 2.75) is 20.8 Å². The van der Waals surface area contributed by atoms with E-state index in [0.29, 0.717) is 31.7 Å². The van der Waals surface area contributed by atoms with Crippen LogP contribution in [0.2, 0.25) is 0 Å². The number of rotatable bonds is 4. The Balaban J connectivity index is 1.56. The number of likely N-dealkylation sites (tertiary alicyclic amines) is 2. The molecule has 4 rings (SSSR count). The number of amides is 2. The highest BCUT2D eigenvalue weighted by molar-refractivity contribution is 5.97. The third kappa shape index (κ3) is 3.55. The molecule has 1 aromatic heterocycles. The summed E-state index contributed by atoms with van der Waals surface area (Å²) in [5.74, 6) is -0.267. The summed E-state index contributed by atoms with van der Waals surface area (Å²) in [6.45, 7) is 7.67. The molecule has 2 amide bonds. The molecule has 1 aromatic carbocycles. The van der Waals surface area contributed by atoms with E-state index in [0.717, 1.165) is 17.0 Å². The van der Waals surface area contributed by atoms with Crippen molar-refractivity contribution in [1.29, 1.82) is 0 Å². The quantitative estimate of drug-likeness (QED) is 0.816. The summed E-state index contributed by atoms with van der Waals surface area (Å²) in [5.41, 5.74) is 2.70. The summed E-state index contributed by atoms with van der Waals surface area (Å²) < 4.78 is 15.3. The Hall–Kier alpha value is -2.67. The monoisotopic (exact) mass is 427 g/mol. The molecular weight excluding hydrogens is 397 g/mol. The van der Waals surface area contributed by atoms with E-state index >= 15 is 0 Å². The highest BCUT2D eigenvalue weighted by atomic mass is 19.1. The SMILES string of the molecule is Cc1c(C(=O)N2C[C@H]3CN(C(=O)C(C)C)C[C@@]3(CO)C2)cc(-c2ccc(F)cc2)n1C. The minimum atomic E-state index is -0.456. The van der Waals surface area contributed by atoms with Crippen LogP contribution in [0.25, 0.3) is 11.3 Å². The second-order valence-electron chi connectivity index (χ2n) is 9.37. The molecule has 0 aliphatic carbocycles. The molecule has 3 heterocycles. The summed E-state index contributed by atoms with van der Waals surface area (Å²) in [7, 11) is 1.90. The van der Waals surface area contributed by atoms with Gasteiger partial charge in [0.15, 0.2) is 0 Å². The van der Waals surface area contributed by atoms with Gasteiger partial charge in [-0.2, -0.15) is 0 Å². The number of aromatic nitrogens is 1. The van der Waals surface area contributed by atoms with E-state index in [-0.39, 0.29) is 36.1 Å². The van der Waals surface area contributed by atoms with Crippen LogP contribution in [0.5, 0.6) is 0 Å². The lowest BCUT2D eigenvalue weighted by molar-refractivity contribution is -0.134. The molecule has 0 radical (unpaired) electrons. The zero-order chi connectivity index (χ0) is 22.5. The summed E-state index contributed by atoms with van der Waals surface area (Å²) in [4.78, 5) is 29.5. The van der Waals surface area contributed by atoms with Gasteiger partial charge in [-0.15, -0.1) is 0 Å². The largest absolute Gasteiger partial charge is 0.396 e. The first kappa shape index (κ1) is 21.6. The molecule has 2 fully saturated rings. The molecule has 2 atom stereocenters. The number of carbonyl (C=O) groups is 2. The van der Waals surface area contributed by atoms with Crippen LogP contribution >= 0.6 is 0 Å². The van der Waals surface area contributed by atoms with Gasteiger partial charge in [0.25, 0.3) is 5.91 Å². The first-order valence-corrected chi connectivity index (χ1v) is 10.8. The second-order valence-corrected chi connectivity index (χ2v) is 9.37. The number of halogens is 1. The Kier molecular flexibility index (Phi) is 5.41. The van der Waals surface area contributed by atoms with Crippen LogP contribution in [-0.4, -0.2) is 64.1 Å². The van der Waals surface area contributed by atoms with Crippen molar-refractivity contribution in [2.24, 2.45) is 24.3 Å². The molecule has 2 aliphatic rings. The predicted molar refractivity (Wildman–Crippen MR) is 116 cm³/mol. The van der Waals surface area contributed by atoms with Crippen LogP contribution in [-0.2, 0) is 11.8 Å². The van der Waals surface area contributed by atoms with E-state index in [1.165, 1.54) is 12.1 Å². The molecular formula is C24H30FN3O3. The first-order valence-electron chi connectivity index (χ1n) is 10.8. The maximum absolute atomic E-state index is 13.4. The maximum Gasteiger partial charge on any atom is 0.255 e. The third-order valence-electron chi connectivity index (χ3n) is 7.07. The fourth-order valence-electron chi connectivity index (χ4n) is 5.08. The first-order chi connectivity index (χ1) is 14.7. The average Bonchev–Trinajstić information content (AvgIpc) is 3.37. The fraction of sp³-hybridized carbons (Fsp3) is 0.500. The minimum Gasteiger partial charge on any atom is -0.396 e. The Bertz CT molecular complexity index is 1010. The normalized spacial score (nSPS) is 23.0. The van der Waals surface area contributed by atoms with Crippen LogP contribution in [0.1, 0.15) is 29.9 Å². The summed E-state index contributed by atoms with van der Waals surface area (Å²) in [5, 5.41) is 10.2. The Morgan fingerprint density at radius 1 is 1.16 bits per heavy atom. The van der Waals surface area contributed by atoms with Gasteiger partial charge in [0.2, 0.25) is 5.91 Å². The van der Waals surface area contributed by atoms with Crippen molar-refractivity contribution in [3.8, 4) is 11.3 Å². The molecule has 6 nitrogen and oxygen atoms in total. The molecule has 0 unspecified atom stereocenters. The minimum absolute atomic E-state index is 0.0437. The molecule has 2 aromatic rings. The van der Waals surface area contributed by atoms with Gasteiger partial charge in [-0.1, -0.05) is 13.8 Å². The zero-order valence-corrected chi connectivity index (χ0v) is 18.6. The van der Waals surface area contributed by atoms with Crippen LogP contribution in [0.3, 0.4) is 0 Å². The summed E-state index contributed by atoms with van der Waals surface area (Å²) in [6.07, 6.45) is 0. The molecule has 2 aliphatic heterocycles. The molecule has 1 N–H and O–H groups in total. The molecule has 0 bridgehead atoms. The van der Waals surface area contributed by atoms with Crippen LogP contribution < -0.4 is 0 Å². The maximum atomic E-state index is 13.4. The van der Waals surface area contributed by atoms with Crippen molar-refractivity contribution in [2.75, 3.05) is 32.8 Å². The van der Waals surface area contributed by atoms with E-state index in [1.807, 2.05) is 48.3 Å². The average molecular weight is 428 g/mol. The van der Waals surface area contributed by atoms with Gasteiger partial charge in [0.1, 0.15) is 5.82 Å². The van der Waals surface area contributed by atoms with Gasteiger partial charge in [-0.25, -0.2) is 4.39 Å². The lowest BCUT2D eigenvalue weighted by Crippen LogP contribution is -2.41. The molecule has 31 heavy (non-hydrogen) atoms. The second kappa shape index (κ2) is 7.79. The number of benzene rings is 1. The molecule has 7 heteroatoms. The Morgan fingerprint density at radius 3 is 2.35 bits per heavy atom. The van der Waals surface area contributed by atoms with Crippen LogP contribution in [0.4, 0.5) is 4.39 Å². The summed E-state index contributed by atoms with van der Waals surface area (Å²) >= 11 is 0. The number of aliphatic hydroxyl groups is 1. The topological polar surface area (TPSA) is 65.8 Å². The number of nitrogens with zero attached hydrogens (tertiary/aromatic N) is 3. The van der Waals surface area contributed by atoms with Crippen LogP contribution in [0.15, 0.2) is 30.3 Å². The van der Waals surface area contributed by atoms with Crippen molar-refractivity contribution in [1.82, 2.24) is 14.4 Å². The molecule has 2 saturated heterocycles. The highest BCUT2D eigenvalue weighted by Gasteiger charge is 2.54. The fourth-order valence-corrected chi connectivity index (χ4v) is 5.08. The predicted octanol–water partition coefficient (Wildman–Crippen LogP) is 2.69. The van der Waals surface area contributed by atoms with Gasteiger partial charge in [0, 0.05) is 61.9 Å². The van der Waals surface area contributed by atoms with Gasteiger partial charge in [-0.3, -0.25) is 9.59 Å². The highest BCUT2D eigenvalue weighted by Crippen LogP contribution is 2.43. The van der Waals surface area contributed by atoms with Gasteiger partial charge in [0.05, 0.1) is 12.2 Å². The zero-order valence-electron chi connectivity index (χ0n) is 18.6. The summed E-state index contributed by atoms with van der Waals surface area (Å²) in [6, 6.07) is 8.10. The number of hydrogen-bond donors (Lipinski definition) is 1. The van der Waals surface area contributed by atoms with Crippen molar-refractivity contribution >= 4 is 11.8 Å². The number of hydrogen-bond acceptors (Lipinski definition) is 3. The van der Waals surface area contributed by atoms with Crippen molar-refractivity contribution in [3.05, 3.63) is 47.4 Å². The Morgan fingerprint density at radius 2 is 1.77 bits per heavy atom. The van der Waals surface area contributed by atoms with Gasteiger partial charge >= 0.3 is 0 Å². The van der Waals surface area contributed by atoms with E-state index in [4.69, 9.17) is 0 Å². The number of fused-ring (bicyclic) bond motifs is 1. The van der Waals surface area contributed by atoms with E-state index in [9.17, 15) is 19.1 Å². The van der Waals surface area contributed by atoms with Crippen molar-refractivity contribution in [3.63, 3.8) is 0 Å².